The second-order valence-corrected chi connectivity index (χ2v) is 13.2. The van der Waals surface area contributed by atoms with Crippen LogP contribution in [0.3, 0.4) is 0 Å². The van der Waals surface area contributed by atoms with Crippen molar-refractivity contribution in [1.82, 2.24) is 10.2 Å². The van der Waals surface area contributed by atoms with E-state index in [1.54, 1.807) is 62.4 Å². The Morgan fingerprint density at radius 1 is 0.929 bits per heavy atom. The number of carbonyl (C=O) groups is 2. The van der Waals surface area contributed by atoms with Gasteiger partial charge in [0.25, 0.3) is 10.0 Å². The second-order valence-electron chi connectivity index (χ2n) is 10.0. The molecular formula is C31H36Cl3N3O4S. The summed E-state index contributed by atoms with van der Waals surface area (Å²) in [5.41, 5.74) is 2.21. The maximum Gasteiger partial charge on any atom is 0.264 e. The van der Waals surface area contributed by atoms with Crippen LogP contribution in [0, 0.1) is 13.8 Å². The first-order chi connectivity index (χ1) is 19.9. The first kappa shape index (κ1) is 33.7. The molecule has 0 radical (unpaired) electrons. The summed E-state index contributed by atoms with van der Waals surface area (Å²) in [5, 5.41) is 4.00. The number of anilines is 1. The van der Waals surface area contributed by atoms with Crippen LogP contribution < -0.4 is 9.62 Å². The number of amides is 2. The molecular weight excluding hydrogens is 617 g/mol. The van der Waals surface area contributed by atoms with Crippen molar-refractivity contribution in [2.45, 2.75) is 64.4 Å². The Morgan fingerprint density at radius 3 is 2.14 bits per heavy atom. The second kappa shape index (κ2) is 15.1. The molecule has 0 bridgehead atoms. The van der Waals surface area contributed by atoms with Crippen LogP contribution in [0.4, 0.5) is 5.69 Å². The van der Waals surface area contributed by atoms with Gasteiger partial charge in [0.1, 0.15) is 12.6 Å². The third-order valence-electron chi connectivity index (χ3n) is 6.92. The molecule has 7 nitrogen and oxygen atoms in total. The summed E-state index contributed by atoms with van der Waals surface area (Å²) < 4.78 is 29.2. The first-order valence-electron chi connectivity index (χ1n) is 13.8. The van der Waals surface area contributed by atoms with Crippen molar-refractivity contribution in [3.05, 3.63) is 92.4 Å². The molecule has 0 heterocycles. The van der Waals surface area contributed by atoms with Gasteiger partial charge in [-0.15, -0.1) is 0 Å². The fraction of sp³-hybridized carbons (Fsp3) is 0.355. The number of halogens is 3. The lowest BCUT2D eigenvalue weighted by Gasteiger charge is -2.34. The lowest BCUT2D eigenvalue weighted by molar-refractivity contribution is -0.140. The predicted octanol–water partition coefficient (Wildman–Crippen LogP) is 7.18. The van der Waals surface area contributed by atoms with Crippen LogP contribution in [0.5, 0.6) is 0 Å². The molecule has 1 atom stereocenters. The number of aryl methyl sites for hydroxylation is 2. The largest absolute Gasteiger partial charge is 0.354 e. The molecule has 0 aromatic heterocycles. The molecule has 2 amide bonds. The lowest BCUT2D eigenvalue weighted by atomic mass is 10.1. The molecule has 226 valence electrons. The zero-order valence-electron chi connectivity index (χ0n) is 24.2. The van der Waals surface area contributed by atoms with Gasteiger partial charge >= 0.3 is 0 Å². The predicted molar refractivity (Wildman–Crippen MR) is 171 cm³/mol. The maximum atomic E-state index is 14.2. The van der Waals surface area contributed by atoms with E-state index in [4.69, 9.17) is 34.8 Å². The molecule has 0 unspecified atom stereocenters. The van der Waals surface area contributed by atoms with E-state index < -0.39 is 28.5 Å². The molecule has 0 spiro atoms. The number of nitrogens with one attached hydrogen (secondary N) is 1. The van der Waals surface area contributed by atoms with Gasteiger partial charge in [-0.3, -0.25) is 13.9 Å². The van der Waals surface area contributed by atoms with Crippen LogP contribution in [-0.4, -0.2) is 44.3 Å². The number of rotatable bonds is 13. The molecule has 11 heteroatoms. The quantitative estimate of drug-likeness (QED) is 0.198. The summed E-state index contributed by atoms with van der Waals surface area (Å²) in [4.78, 5) is 28.9. The zero-order chi connectivity index (χ0) is 31.0. The molecule has 3 rings (SSSR count). The van der Waals surface area contributed by atoms with E-state index in [0.717, 1.165) is 22.7 Å². The topological polar surface area (TPSA) is 86.8 Å². The summed E-state index contributed by atoms with van der Waals surface area (Å²) in [6.07, 6.45) is 1.96. The van der Waals surface area contributed by atoms with E-state index in [0.29, 0.717) is 38.4 Å². The maximum absolute atomic E-state index is 14.2. The molecule has 0 aliphatic carbocycles. The van der Waals surface area contributed by atoms with E-state index in [9.17, 15) is 18.0 Å². The van der Waals surface area contributed by atoms with Gasteiger partial charge in [-0.2, -0.15) is 0 Å². The smallest absolute Gasteiger partial charge is 0.264 e. The van der Waals surface area contributed by atoms with Crippen molar-refractivity contribution in [1.29, 1.82) is 0 Å². The van der Waals surface area contributed by atoms with E-state index in [1.165, 1.54) is 17.0 Å². The van der Waals surface area contributed by atoms with Gasteiger partial charge in [0.05, 0.1) is 10.6 Å². The van der Waals surface area contributed by atoms with Gasteiger partial charge in [-0.05, 0) is 74.7 Å². The van der Waals surface area contributed by atoms with Gasteiger partial charge in [0.15, 0.2) is 0 Å². The fourth-order valence-electron chi connectivity index (χ4n) is 4.53. The number of benzene rings is 3. The SMILES string of the molecule is CCCCNC(=O)[C@H](CC)N(Cc1c(Cl)cccc1Cl)C(=O)CN(c1ccc(Cl)cc1C)S(=O)(=O)c1ccc(C)cc1. The van der Waals surface area contributed by atoms with Crippen molar-refractivity contribution < 1.29 is 18.0 Å². The normalized spacial score (nSPS) is 12.1. The highest BCUT2D eigenvalue weighted by Gasteiger charge is 2.34. The van der Waals surface area contributed by atoms with Crippen molar-refractivity contribution >= 4 is 62.3 Å². The molecule has 0 aliphatic heterocycles. The molecule has 0 aliphatic rings. The Labute approximate surface area is 263 Å². The van der Waals surface area contributed by atoms with Gasteiger partial charge in [0, 0.05) is 33.7 Å². The standard InChI is InChI=1S/C31H36Cl3N3O4S/c1-5-7-17-35-31(39)28(6-2)36(19-25-26(33)9-8-10-27(25)34)30(38)20-37(29-16-13-23(32)18-22(29)4)42(40,41)24-14-11-21(3)12-15-24/h8-16,18,28H,5-7,17,19-20H2,1-4H3,(H,35,39)/t28-/m0/s1. The number of nitrogens with zero attached hydrogens (tertiary/aromatic N) is 2. The van der Waals surface area contributed by atoms with E-state index in [-0.39, 0.29) is 23.8 Å². The van der Waals surface area contributed by atoms with Crippen LogP contribution in [0.2, 0.25) is 15.1 Å². The summed E-state index contributed by atoms with van der Waals surface area (Å²) in [5.74, 6) is -0.924. The summed E-state index contributed by atoms with van der Waals surface area (Å²) in [6, 6.07) is 15.3. The minimum Gasteiger partial charge on any atom is -0.354 e. The van der Waals surface area contributed by atoms with Gasteiger partial charge in [-0.1, -0.05) is 78.8 Å². The highest BCUT2D eigenvalue weighted by atomic mass is 35.5. The van der Waals surface area contributed by atoms with Gasteiger partial charge < -0.3 is 10.2 Å². The molecule has 3 aromatic rings. The molecule has 42 heavy (non-hydrogen) atoms. The fourth-order valence-corrected chi connectivity index (χ4v) is 6.75. The van der Waals surface area contributed by atoms with Gasteiger partial charge in [0.2, 0.25) is 11.8 Å². The minimum absolute atomic E-state index is 0.0281. The zero-order valence-corrected chi connectivity index (χ0v) is 27.2. The van der Waals surface area contributed by atoms with Crippen molar-refractivity contribution in [3.63, 3.8) is 0 Å². The Bertz CT molecular complexity index is 1490. The Balaban J connectivity index is 2.11. The number of sulfonamides is 1. The third-order valence-corrected chi connectivity index (χ3v) is 9.64. The van der Waals surface area contributed by atoms with Crippen LogP contribution in [0.25, 0.3) is 0 Å². The van der Waals surface area contributed by atoms with Crippen LogP contribution >= 0.6 is 34.8 Å². The highest BCUT2D eigenvalue weighted by molar-refractivity contribution is 7.92. The Hall–Kier alpha value is -2.78. The molecule has 0 saturated carbocycles. The number of hydrogen-bond donors (Lipinski definition) is 1. The van der Waals surface area contributed by atoms with Crippen molar-refractivity contribution in [3.8, 4) is 0 Å². The average molecular weight is 653 g/mol. The van der Waals surface area contributed by atoms with E-state index in [2.05, 4.69) is 5.32 Å². The Kier molecular flexibility index (Phi) is 12.1. The first-order valence-corrected chi connectivity index (χ1v) is 16.3. The molecule has 3 aromatic carbocycles. The molecule has 0 saturated heterocycles. The molecule has 1 N–H and O–H groups in total. The number of carbonyl (C=O) groups excluding carboxylic acids is 2. The summed E-state index contributed by atoms with van der Waals surface area (Å²) in [6.45, 7) is 7.19. The van der Waals surface area contributed by atoms with E-state index in [1.807, 2.05) is 13.8 Å². The van der Waals surface area contributed by atoms with Crippen molar-refractivity contribution in [2.75, 3.05) is 17.4 Å². The van der Waals surface area contributed by atoms with Crippen LogP contribution in [0.15, 0.2) is 65.6 Å². The van der Waals surface area contributed by atoms with Crippen LogP contribution in [-0.2, 0) is 26.2 Å². The van der Waals surface area contributed by atoms with Crippen molar-refractivity contribution in [2.24, 2.45) is 0 Å². The monoisotopic (exact) mass is 651 g/mol. The average Bonchev–Trinajstić information content (AvgIpc) is 2.93. The number of hydrogen-bond acceptors (Lipinski definition) is 4. The van der Waals surface area contributed by atoms with E-state index >= 15 is 0 Å². The minimum atomic E-state index is -4.20. The number of unbranched alkanes of at least 4 members (excludes halogenated alkanes) is 1. The lowest BCUT2D eigenvalue weighted by Crippen LogP contribution is -2.52. The highest BCUT2D eigenvalue weighted by Crippen LogP contribution is 2.31. The Morgan fingerprint density at radius 2 is 1.57 bits per heavy atom. The summed E-state index contributed by atoms with van der Waals surface area (Å²) >= 11 is 19.1. The third kappa shape index (κ3) is 8.19. The summed E-state index contributed by atoms with van der Waals surface area (Å²) in [7, 11) is -4.20. The van der Waals surface area contributed by atoms with Crippen LogP contribution in [0.1, 0.15) is 49.8 Å². The molecule has 0 fully saturated rings. The van der Waals surface area contributed by atoms with Gasteiger partial charge in [-0.25, -0.2) is 8.42 Å².